The number of anilines is 1. The first-order valence-electron chi connectivity index (χ1n) is 6.81. The van der Waals surface area contributed by atoms with Gasteiger partial charge in [0.1, 0.15) is 10.6 Å². The van der Waals surface area contributed by atoms with Crippen LogP contribution in [0.15, 0.2) is 0 Å². The standard InChI is InChI=1S/C13H20N4O3S/c1-8-9(11(18)19)10(21-16-8)15-12(20)13(2,3)17-6-4-14-5-7-17/h14H,4-7H2,1-3H3,(H,15,20)(H,18,19). The summed E-state index contributed by atoms with van der Waals surface area (Å²) in [6.07, 6.45) is 0. The van der Waals surface area contributed by atoms with Crippen molar-refractivity contribution in [3.8, 4) is 0 Å². The van der Waals surface area contributed by atoms with E-state index in [1.807, 2.05) is 13.8 Å². The van der Waals surface area contributed by atoms with Crippen LogP contribution < -0.4 is 10.6 Å². The van der Waals surface area contributed by atoms with Crippen molar-refractivity contribution >= 4 is 28.4 Å². The third-order valence-corrected chi connectivity index (χ3v) is 4.62. The van der Waals surface area contributed by atoms with Crippen LogP contribution in [-0.2, 0) is 4.79 Å². The van der Waals surface area contributed by atoms with Gasteiger partial charge in [0.2, 0.25) is 5.91 Å². The van der Waals surface area contributed by atoms with Gasteiger partial charge in [0.15, 0.2) is 0 Å². The van der Waals surface area contributed by atoms with Gasteiger partial charge in [-0.3, -0.25) is 9.69 Å². The number of amides is 1. The number of carboxylic acids is 1. The summed E-state index contributed by atoms with van der Waals surface area (Å²) in [5.41, 5.74) is -0.206. The number of carboxylic acid groups (broad SMARTS) is 1. The highest BCUT2D eigenvalue weighted by Gasteiger charge is 2.36. The molecule has 0 radical (unpaired) electrons. The third kappa shape index (κ3) is 3.22. The lowest BCUT2D eigenvalue weighted by molar-refractivity contribution is -0.126. The minimum absolute atomic E-state index is 0.0736. The molecule has 3 N–H and O–H groups in total. The number of piperazine rings is 1. The van der Waals surface area contributed by atoms with Crippen molar-refractivity contribution in [2.75, 3.05) is 31.5 Å². The maximum atomic E-state index is 12.5. The fraction of sp³-hybridized carbons (Fsp3) is 0.615. The van der Waals surface area contributed by atoms with E-state index < -0.39 is 11.5 Å². The lowest BCUT2D eigenvalue weighted by Crippen LogP contribution is -2.58. The molecule has 1 aromatic heterocycles. The summed E-state index contributed by atoms with van der Waals surface area (Å²) in [6.45, 7) is 8.58. The van der Waals surface area contributed by atoms with Crippen LogP contribution in [0.3, 0.4) is 0 Å². The predicted molar refractivity (Wildman–Crippen MR) is 81.0 cm³/mol. The van der Waals surface area contributed by atoms with Crippen molar-refractivity contribution < 1.29 is 14.7 Å². The summed E-state index contributed by atoms with van der Waals surface area (Å²) in [7, 11) is 0. The first kappa shape index (κ1) is 15.9. The van der Waals surface area contributed by atoms with Crippen LogP contribution in [0.1, 0.15) is 29.9 Å². The van der Waals surface area contributed by atoms with Crippen molar-refractivity contribution in [3.63, 3.8) is 0 Å². The normalized spacial score (nSPS) is 16.7. The molecule has 2 rings (SSSR count). The maximum absolute atomic E-state index is 12.5. The Kier molecular flexibility index (Phi) is 4.60. The molecule has 1 saturated heterocycles. The number of hydrogen-bond donors (Lipinski definition) is 3. The smallest absolute Gasteiger partial charge is 0.340 e. The summed E-state index contributed by atoms with van der Waals surface area (Å²) in [4.78, 5) is 25.9. The number of nitrogens with one attached hydrogen (secondary N) is 2. The van der Waals surface area contributed by atoms with Gasteiger partial charge in [0.25, 0.3) is 0 Å². The van der Waals surface area contributed by atoms with Crippen LogP contribution in [0.4, 0.5) is 5.00 Å². The molecule has 1 aliphatic rings. The number of carbonyl (C=O) groups excluding carboxylic acids is 1. The van der Waals surface area contributed by atoms with E-state index in [1.54, 1.807) is 6.92 Å². The van der Waals surface area contributed by atoms with Crippen molar-refractivity contribution in [1.82, 2.24) is 14.6 Å². The molecular weight excluding hydrogens is 292 g/mol. The van der Waals surface area contributed by atoms with E-state index in [0.29, 0.717) is 10.7 Å². The van der Waals surface area contributed by atoms with Crippen molar-refractivity contribution in [3.05, 3.63) is 11.3 Å². The molecule has 1 fully saturated rings. The monoisotopic (exact) mass is 312 g/mol. The zero-order valence-corrected chi connectivity index (χ0v) is 13.2. The molecule has 116 valence electrons. The highest BCUT2D eigenvalue weighted by atomic mass is 32.1. The Morgan fingerprint density at radius 3 is 2.57 bits per heavy atom. The number of hydrogen-bond acceptors (Lipinski definition) is 6. The Bertz CT molecular complexity index is 550. The van der Waals surface area contributed by atoms with E-state index in [-0.39, 0.29) is 11.5 Å². The highest BCUT2D eigenvalue weighted by Crippen LogP contribution is 2.26. The lowest BCUT2D eigenvalue weighted by atomic mass is 10.0. The fourth-order valence-electron chi connectivity index (χ4n) is 2.33. The van der Waals surface area contributed by atoms with Gasteiger partial charge >= 0.3 is 5.97 Å². The topological polar surface area (TPSA) is 94.6 Å². The molecule has 21 heavy (non-hydrogen) atoms. The fourth-order valence-corrected chi connectivity index (χ4v) is 3.11. The third-order valence-electron chi connectivity index (χ3n) is 3.77. The summed E-state index contributed by atoms with van der Waals surface area (Å²) in [6, 6.07) is 0. The van der Waals surface area contributed by atoms with Gasteiger partial charge in [-0.1, -0.05) is 0 Å². The van der Waals surface area contributed by atoms with Crippen LogP contribution >= 0.6 is 11.5 Å². The largest absolute Gasteiger partial charge is 0.478 e. The molecule has 2 heterocycles. The maximum Gasteiger partial charge on any atom is 0.340 e. The van der Waals surface area contributed by atoms with Gasteiger partial charge in [0.05, 0.1) is 11.2 Å². The first-order chi connectivity index (χ1) is 9.84. The zero-order valence-electron chi connectivity index (χ0n) is 12.4. The van der Waals surface area contributed by atoms with Gasteiger partial charge in [-0.05, 0) is 32.3 Å². The number of aromatic carboxylic acids is 1. The number of nitrogens with zero attached hydrogens (tertiary/aromatic N) is 2. The number of rotatable bonds is 4. The molecule has 0 saturated carbocycles. The molecule has 7 nitrogen and oxygen atoms in total. The number of aromatic nitrogens is 1. The van der Waals surface area contributed by atoms with Gasteiger partial charge in [-0.25, -0.2) is 4.79 Å². The Balaban J connectivity index is 2.15. The Morgan fingerprint density at radius 2 is 2.00 bits per heavy atom. The summed E-state index contributed by atoms with van der Waals surface area (Å²) >= 11 is 1.00. The molecule has 0 unspecified atom stereocenters. The van der Waals surface area contributed by atoms with Crippen LogP contribution in [0, 0.1) is 6.92 Å². The van der Waals surface area contributed by atoms with Crippen LogP contribution in [0.5, 0.6) is 0 Å². The summed E-state index contributed by atoms with van der Waals surface area (Å²) in [5, 5.41) is 15.5. The van der Waals surface area contributed by atoms with E-state index in [9.17, 15) is 14.7 Å². The summed E-state index contributed by atoms with van der Waals surface area (Å²) in [5.74, 6) is -1.29. The van der Waals surface area contributed by atoms with E-state index in [1.165, 1.54) is 0 Å². The predicted octanol–water partition coefficient (Wildman–Crippen LogP) is 0.772. The molecule has 0 bridgehead atoms. The molecule has 8 heteroatoms. The van der Waals surface area contributed by atoms with Crippen LogP contribution in [0.25, 0.3) is 0 Å². The average Bonchev–Trinajstić information content (AvgIpc) is 2.80. The molecule has 0 aliphatic carbocycles. The first-order valence-corrected chi connectivity index (χ1v) is 7.58. The molecular formula is C13H20N4O3S. The minimum Gasteiger partial charge on any atom is -0.478 e. The second-order valence-electron chi connectivity index (χ2n) is 5.53. The molecule has 1 aromatic rings. The zero-order chi connectivity index (χ0) is 15.6. The van der Waals surface area contributed by atoms with Gasteiger partial charge in [-0.15, -0.1) is 0 Å². The molecule has 1 amide bonds. The molecule has 0 aromatic carbocycles. The molecule has 1 aliphatic heterocycles. The molecule has 0 atom stereocenters. The Morgan fingerprint density at radius 1 is 1.38 bits per heavy atom. The van der Waals surface area contributed by atoms with Gasteiger partial charge < -0.3 is 15.7 Å². The van der Waals surface area contributed by atoms with E-state index in [2.05, 4.69) is 19.9 Å². The minimum atomic E-state index is -1.07. The lowest BCUT2D eigenvalue weighted by Gasteiger charge is -2.39. The SMILES string of the molecule is Cc1nsc(NC(=O)C(C)(C)N2CCNCC2)c1C(=O)O. The van der Waals surface area contributed by atoms with Crippen LogP contribution in [-0.4, -0.2) is 58.0 Å². The van der Waals surface area contributed by atoms with E-state index in [4.69, 9.17) is 0 Å². The van der Waals surface area contributed by atoms with E-state index >= 15 is 0 Å². The molecule has 0 spiro atoms. The van der Waals surface area contributed by atoms with Gasteiger partial charge in [0, 0.05) is 26.2 Å². The highest BCUT2D eigenvalue weighted by molar-refractivity contribution is 7.11. The second kappa shape index (κ2) is 6.08. The van der Waals surface area contributed by atoms with Crippen LogP contribution in [0.2, 0.25) is 0 Å². The average molecular weight is 312 g/mol. The van der Waals surface area contributed by atoms with E-state index in [0.717, 1.165) is 37.7 Å². The second-order valence-corrected chi connectivity index (χ2v) is 6.30. The number of carbonyl (C=O) groups is 2. The van der Waals surface area contributed by atoms with Crippen molar-refractivity contribution in [1.29, 1.82) is 0 Å². The number of aryl methyl sites for hydroxylation is 1. The van der Waals surface area contributed by atoms with Gasteiger partial charge in [-0.2, -0.15) is 4.37 Å². The van der Waals surface area contributed by atoms with Crippen molar-refractivity contribution in [2.45, 2.75) is 26.3 Å². The summed E-state index contributed by atoms with van der Waals surface area (Å²) < 4.78 is 4.01. The Hall–Kier alpha value is -1.51. The van der Waals surface area contributed by atoms with Crippen molar-refractivity contribution in [2.24, 2.45) is 0 Å². The Labute approximate surface area is 127 Å². The quantitative estimate of drug-likeness (QED) is 0.760.